The number of ether oxygens (including phenoxy) is 1. The van der Waals surface area contributed by atoms with Crippen molar-refractivity contribution in [3.05, 3.63) is 65.4 Å². The smallest absolute Gasteiger partial charge is 0.487 e. The zero-order valence-corrected chi connectivity index (χ0v) is 16.7. The number of benzene rings is 2. The number of hydrogen-bond acceptors (Lipinski definition) is 7. The Morgan fingerprint density at radius 1 is 1.13 bits per heavy atom. The van der Waals surface area contributed by atoms with Crippen LogP contribution in [0.2, 0.25) is 0 Å². The largest absolute Gasteiger partial charge is 0.488 e. The second-order valence-electron chi connectivity index (χ2n) is 7.73. The fourth-order valence-electron chi connectivity index (χ4n) is 4.27. The van der Waals surface area contributed by atoms with E-state index in [4.69, 9.17) is 14.7 Å². The lowest BCUT2D eigenvalue weighted by atomic mass is 9.76. The van der Waals surface area contributed by atoms with Gasteiger partial charge in [0.15, 0.2) is 11.6 Å². The number of nitrogens with zero attached hydrogens (tertiary/aromatic N) is 3. The molecule has 3 N–H and O–H groups in total. The SMILES string of the molecule is CC1Cc2c(B(O)O)cccc2N1c1nc2c(c(NCc3ccccc3)n1)OCC2. The predicted molar refractivity (Wildman–Crippen MR) is 117 cm³/mol. The van der Waals surface area contributed by atoms with Gasteiger partial charge in [-0.2, -0.15) is 4.98 Å². The molecular formula is C22H23BN4O3. The van der Waals surface area contributed by atoms with Crippen LogP contribution in [0.4, 0.5) is 17.5 Å². The van der Waals surface area contributed by atoms with Crippen molar-refractivity contribution in [1.82, 2.24) is 9.97 Å². The molecule has 3 aromatic rings. The highest BCUT2D eigenvalue weighted by Gasteiger charge is 2.34. The van der Waals surface area contributed by atoms with Crippen molar-refractivity contribution in [2.75, 3.05) is 16.8 Å². The van der Waals surface area contributed by atoms with E-state index < -0.39 is 7.12 Å². The van der Waals surface area contributed by atoms with Crippen LogP contribution in [0.3, 0.4) is 0 Å². The Morgan fingerprint density at radius 3 is 2.77 bits per heavy atom. The minimum absolute atomic E-state index is 0.0993. The number of hydrogen-bond donors (Lipinski definition) is 3. The van der Waals surface area contributed by atoms with Crippen molar-refractivity contribution in [3.63, 3.8) is 0 Å². The molecule has 0 radical (unpaired) electrons. The molecule has 7 nitrogen and oxygen atoms in total. The van der Waals surface area contributed by atoms with E-state index in [0.717, 1.165) is 34.7 Å². The summed E-state index contributed by atoms with van der Waals surface area (Å²) in [6.45, 7) is 3.33. The third-order valence-corrected chi connectivity index (χ3v) is 5.69. The third kappa shape index (κ3) is 3.28. The van der Waals surface area contributed by atoms with E-state index in [1.165, 1.54) is 0 Å². The monoisotopic (exact) mass is 402 g/mol. The molecule has 0 fully saturated rings. The average Bonchev–Trinajstić information content (AvgIpc) is 3.35. The zero-order valence-electron chi connectivity index (χ0n) is 16.7. The van der Waals surface area contributed by atoms with Crippen LogP contribution < -0.4 is 20.4 Å². The Morgan fingerprint density at radius 2 is 1.97 bits per heavy atom. The number of anilines is 3. The average molecular weight is 402 g/mol. The minimum atomic E-state index is -1.50. The fraction of sp³-hybridized carbons (Fsp3) is 0.273. The van der Waals surface area contributed by atoms with Gasteiger partial charge in [-0.3, -0.25) is 0 Å². The maximum atomic E-state index is 9.76. The van der Waals surface area contributed by atoms with Crippen LogP contribution in [-0.4, -0.2) is 39.8 Å². The predicted octanol–water partition coefficient (Wildman–Crippen LogP) is 1.79. The molecule has 1 aromatic heterocycles. The van der Waals surface area contributed by atoms with Gasteiger partial charge in [0.25, 0.3) is 0 Å². The number of nitrogens with one attached hydrogen (secondary N) is 1. The fourth-order valence-corrected chi connectivity index (χ4v) is 4.27. The van der Waals surface area contributed by atoms with E-state index in [1.54, 1.807) is 6.07 Å². The molecule has 152 valence electrons. The summed E-state index contributed by atoms with van der Waals surface area (Å²) in [7, 11) is -1.50. The van der Waals surface area contributed by atoms with Gasteiger partial charge in [-0.25, -0.2) is 4.98 Å². The van der Waals surface area contributed by atoms with Gasteiger partial charge in [0, 0.05) is 24.7 Å². The molecule has 2 aliphatic rings. The summed E-state index contributed by atoms with van der Waals surface area (Å²) in [5, 5.41) is 22.9. The van der Waals surface area contributed by atoms with E-state index in [0.29, 0.717) is 36.8 Å². The Bertz CT molecular complexity index is 1080. The molecule has 0 amide bonds. The molecule has 2 aromatic carbocycles. The second kappa shape index (κ2) is 7.62. The normalized spacial score (nSPS) is 16.8. The molecule has 8 heteroatoms. The maximum absolute atomic E-state index is 9.76. The summed E-state index contributed by atoms with van der Waals surface area (Å²) in [5.41, 5.74) is 4.44. The highest BCUT2D eigenvalue weighted by atomic mass is 16.5. The molecule has 2 aliphatic heterocycles. The van der Waals surface area contributed by atoms with Crippen LogP contribution in [0, 0.1) is 0 Å². The van der Waals surface area contributed by atoms with Gasteiger partial charge in [-0.1, -0.05) is 42.5 Å². The van der Waals surface area contributed by atoms with E-state index >= 15 is 0 Å². The van der Waals surface area contributed by atoms with Gasteiger partial charge in [0.05, 0.1) is 12.3 Å². The van der Waals surface area contributed by atoms with Crippen LogP contribution in [0.5, 0.6) is 5.75 Å². The van der Waals surface area contributed by atoms with Gasteiger partial charge in [0.2, 0.25) is 5.95 Å². The molecule has 0 spiro atoms. The maximum Gasteiger partial charge on any atom is 0.488 e. The van der Waals surface area contributed by atoms with Gasteiger partial charge >= 0.3 is 7.12 Å². The minimum Gasteiger partial charge on any atom is -0.487 e. The first-order chi connectivity index (χ1) is 14.6. The molecule has 5 rings (SSSR count). The number of fused-ring (bicyclic) bond motifs is 2. The van der Waals surface area contributed by atoms with Crippen molar-refractivity contribution in [3.8, 4) is 5.75 Å². The van der Waals surface area contributed by atoms with Gasteiger partial charge in [0.1, 0.15) is 0 Å². The van der Waals surface area contributed by atoms with Crippen molar-refractivity contribution < 1.29 is 14.8 Å². The van der Waals surface area contributed by atoms with E-state index in [9.17, 15) is 10.0 Å². The lowest BCUT2D eigenvalue weighted by Crippen LogP contribution is -2.32. The summed E-state index contributed by atoms with van der Waals surface area (Å²) in [6, 6.07) is 15.8. The van der Waals surface area contributed by atoms with Crippen LogP contribution >= 0.6 is 0 Å². The second-order valence-corrected chi connectivity index (χ2v) is 7.73. The number of aromatic nitrogens is 2. The highest BCUT2D eigenvalue weighted by molar-refractivity contribution is 6.59. The van der Waals surface area contributed by atoms with Gasteiger partial charge in [-0.15, -0.1) is 0 Å². The highest BCUT2D eigenvalue weighted by Crippen LogP contribution is 2.39. The molecule has 3 heterocycles. The summed E-state index contributed by atoms with van der Waals surface area (Å²) in [6.07, 6.45) is 1.45. The molecule has 0 bridgehead atoms. The van der Waals surface area contributed by atoms with Gasteiger partial charge in [-0.05, 0) is 36.0 Å². The lowest BCUT2D eigenvalue weighted by Gasteiger charge is -2.24. The summed E-state index contributed by atoms with van der Waals surface area (Å²) in [4.78, 5) is 11.7. The topological polar surface area (TPSA) is 90.7 Å². The Labute approximate surface area is 175 Å². The first kappa shape index (κ1) is 18.9. The van der Waals surface area contributed by atoms with Gasteiger partial charge < -0.3 is 25.0 Å². The van der Waals surface area contributed by atoms with E-state index in [-0.39, 0.29) is 6.04 Å². The van der Waals surface area contributed by atoms with Crippen LogP contribution in [0.15, 0.2) is 48.5 Å². The molecule has 1 unspecified atom stereocenters. The Hall–Kier alpha value is -3.10. The van der Waals surface area contributed by atoms with Crippen LogP contribution in [0.1, 0.15) is 23.7 Å². The molecule has 0 aliphatic carbocycles. The molecule has 0 saturated heterocycles. The van der Waals surface area contributed by atoms with Crippen molar-refractivity contribution in [2.24, 2.45) is 0 Å². The molecule has 30 heavy (non-hydrogen) atoms. The van der Waals surface area contributed by atoms with Crippen LogP contribution in [0.25, 0.3) is 0 Å². The van der Waals surface area contributed by atoms with Crippen molar-refractivity contribution in [1.29, 1.82) is 0 Å². The summed E-state index contributed by atoms with van der Waals surface area (Å²) < 4.78 is 5.81. The molecule has 0 saturated carbocycles. The summed E-state index contributed by atoms with van der Waals surface area (Å²) in [5.74, 6) is 2.02. The molecule has 1 atom stereocenters. The first-order valence-corrected chi connectivity index (χ1v) is 10.2. The zero-order chi connectivity index (χ0) is 20.7. The van der Waals surface area contributed by atoms with Crippen LogP contribution in [-0.2, 0) is 19.4 Å². The Kier molecular flexibility index (Phi) is 4.80. The third-order valence-electron chi connectivity index (χ3n) is 5.69. The van der Waals surface area contributed by atoms with Crippen molar-refractivity contribution >= 4 is 30.0 Å². The quantitative estimate of drug-likeness (QED) is 0.561. The Balaban J connectivity index is 1.52. The lowest BCUT2D eigenvalue weighted by molar-refractivity contribution is 0.357. The first-order valence-electron chi connectivity index (χ1n) is 10.2. The van der Waals surface area contributed by atoms with E-state index in [1.807, 2.05) is 30.3 Å². The summed E-state index contributed by atoms with van der Waals surface area (Å²) >= 11 is 0. The van der Waals surface area contributed by atoms with E-state index in [2.05, 4.69) is 29.3 Å². The standard InChI is InChI=1S/C22H23BN4O3/c1-14-12-16-17(23(28)29)8-5-9-19(16)27(14)22-25-18-10-11-30-20(18)21(26-22)24-13-15-6-3-2-4-7-15/h2-9,14,28-29H,10-13H2,1H3,(H,24,25,26). The number of rotatable bonds is 5. The molecular weight excluding hydrogens is 379 g/mol. The van der Waals surface area contributed by atoms with Crippen molar-refractivity contribution in [2.45, 2.75) is 32.4 Å².